The molecule has 32 heavy (non-hydrogen) atoms. The van der Waals surface area contributed by atoms with Crippen LogP contribution < -0.4 is 10.6 Å². The van der Waals surface area contributed by atoms with Gasteiger partial charge in [-0.3, -0.25) is 14.4 Å². The van der Waals surface area contributed by atoms with Crippen molar-refractivity contribution in [2.45, 2.75) is 94.5 Å². The lowest BCUT2D eigenvalue weighted by Crippen LogP contribution is -2.59. The molecule has 1 aromatic rings. The molecule has 1 aromatic carbocycles. The van der Waals surface area contributed by atoms with Gasteiger partial charge >= 0.3 is 0 Å². The highest BCUT2D eigenvalue weighted by Crippen LogP contribution is 2.56. The van der Waals surface area contributed by atoms with Crippen molar-refractivity contribution in [3.63, 3.8) is 0 Å². The van der Waals surface area contributed by atoms with E-state index in [0.29, 0.717) is 5.56 Å². The van der Waals surface area contributed by atoms with E-state index in [1.54, 1.807) is 16.7 Å². The Morgan fingerprint density at radius 2 is 1.88 bits per heavy atom. The molecule has 2 N–H and O–H groups in total. The number of carbonyl (C=O) groups excluding carboxylic acids is 3. The van der Waals surface area contributed by atoms with E-state index in [1.807, 2.05) is 52.0 Å². The van der Waals surface area contributed by atoms with Crippen LogP contribution in [0.4, 0.5) is 0 Å². The van der Waals surface area contributed by atoms with Gasteiger partial charge in [-0.2, -0.15) is 0 Å². The summed E-state index contributed by atoms with van der Waals surface area (Å²) in [5, 5.41) is 6.07. The fourth-order valence-corrected chi connectivity index (χ4v) is 6.87. The summed E-state index contributed by atoms with van der Waals surface area (Å²) in [6, 6.07) is 6.56. The second-order valence-electron chi connectivity index (χ2n) is 9.99. The topological polar surface area (TPSA) is 78.5 Å². The Bertz CT molecular complexity index is 896. The van der Waals surface area contributed by atoms with E-state index < -0.39 is 16.8 Å². The minimum atomic E-state index is -0.633. The van der Waals surface area contributed by atoms with Gasteiger partial charge in [-0.05, 0) is 44.2 Å². The number of benzene rings is 1. The lowest BCUT2D eigenvalue weighted by molar-refractivity contribution is -0.133. The second-order valence-corrected chi connectivity index (χ2v) is 11.7. The minimum Gasteiger partial charge on any atom is -0.352 e. The number of rotatable bonds is 6. The van der Waals surface area contributed by atoms with E-state index >= 15 is 0 Å². The first-order chi connectivity index (χ1) is 15.2. The Labute approximate surface area is 195 Å². The Kier molecular flexibility index (Phi) is 6.57. The van der Waals surface area contributed by atoms with Crippen molar-refractivity contribution in [2.24, 2.45) is 5.92 Å². The highest BCUT2D eigenvalue weighted by Gasteiger charge is 2.57. The van der Waals surface area contributed by atoms with Crippen LogP contribution in [0.25, 0.3) is 0 Å². The highest BCUT2D eigenvalue weighted by atomic mass is 32.2. The van der Waals surface area contributed by atoms with Crippen molar-refractivity contribution in [2.75, 3.05) is 0 Å². The number of amides is 3. The van der Waals surface area contributed by atoms with Gasteiger partial charge < -0.3 is 15.5 Å². The molecule has 1 aliphatic carbocycles. The van der Waals surface area contributed by atoms with Crippen molar-refractivity contribution in [3.8, 4) is 0 Å². The zero-order valence-electron chi connectivity index (χ0n) is 19.5. The van der Waals surface area contributed by atoms with Crippen molar-refractivity contribution in [1.82, 2.24) is 15.5 Å². The predicted octanol–water partition coefficient (Wildman–Crippen LogP) is 4.01. The van der Waals surface area contributed by atoms with Crippen LogP contribution in [0.1, 0.15) is 87.5 Å². The van der Waals surface area contributed by atoms with Gasteiger partial charge in [0.2, 0.25) is 11.8 Å². The molecule has 0 spiro atoms. The predicted molar refractivity (Wildman–Crippen MR) is 127 cm³/mol. The van der Waals surface area contributed by atoms with Crippen LogP contribution in [0.5, 0.6) is 0 Å². The fourth-order valence-electron chi connectivity index (χ4n) is 5.28. The number of hydrogen-bond acceptors (Lipinski definition) is 4. The molecule has 4 rings (SSSR count). The third-order valence-corrected chi connectivity index (χ3v) is 8.82. The highest BCUT2D eigenvalue weighted by molar-refractivity contribution is 8.01. The van der Waals surface area contributed by atoms with Crippen LogP contribution in [0, 0.1) is 5.92 Å². The van der Waals surface area contributed by atoms with Crippen molar-refractivity contribution >= 4 is 29.5 Å². The van der Waals surface area contributed by atoms with Gasteiger partial charge in [0.15, 0.2) is 0 Å². The zero-order chi connectivity index (χ0) is 23.0. The van der Waals surface area contributed by atoms with E-state index in [1.165, 1.54) is 6.42 Å². The molecule has 0 unspecified atom stereocenters. The minimum absolute atomic E-state index is 0.00184. The maximum absolute atomic E-state index is 13.6. The Morgan fingerprint density at radius 3 is 2.56 bits per heavy atom. The van der Waals surface area contributed by atoms with Gasteiger partial charge in [-0.25, -0.2) is 0 Å². The zero-order valence-corrected chi connectivity index (χ0v) is 20.3. The summed E-state index contributed by atoms with van der Waals surface area (Å²) in [6.45, 7) is 8.05. The Morgan fingerprint density at radius 1 is 1.19 bits per heavy atom. The van der Waals surface area contributed by atoms with Crippen LogP contribution in [-0.2, 0) is 9.59 Å². The fraction of sp³-hybridized carbons (Fsp3) is 0.640. The van der Waals surface area contributed by atoms with E-state index in [2.05, 4.69) is 10.6 Å². The second kappa shape index (κ2) is 9.08. The van der Waals surface area contributed by atoms with Gasteiger partial charge in [-0.1, -0.05) is 57.7 Å². The van der Waals surface area contributed by atoms with E-state index in [9.17, 15) is 14.4 Å². The Balaban J connectivity index is 1.53. The molecular weight excluding hydrogens is 422 g/mol. The molecule has 0 bridgehead atoms. The first-order valence-corrected chi connectivity index (χ1v) is 12.8. The van der Waals surface area contributed by atoms with E-state index in [4.69, 9.17) is 0 Å². The summed E-state index contributed by atoms with van der Waals surface area (Å²) in [4.78, 5) is 41.7. The largest absolute Gasteiger partial charge is 0.352 e. The smallest absolute Gasteiger partial charge is 0.256 e. The lowest BCUT2D eigenvalue weighted by atomic mass is 9.93. The van der Waals surface area contributed by atoms with E-state index in [-0.39, 0.29) is 35.1 Å². The number of carbonyl (C=O) groups is 3. The van der Waals surface area contributed by atoms with Crippen LogP contribution in [-0.4, -0.2) is 45.5 Å². The molecule has 1 saturated carbocycles. The summed E-state index contributed by atoms with van der Waals surface area (Å²) >= 11 is 1.64. The SMILES string of the molecule is CC[C@@H](C)[C@H](NC(=O)[C@@H]1N2C(=O)c3ccccc3[C@H]2SC1(C)C)C(=O)NC1CCCCC1. The summed E-state index contributed by atoms with van der Waals surface area (Å²) in [7, 11) is 0. The summed E-state index contributed by atoms with van der Waals surface area (Å²) in [6.07, 6.45) is 6.28. The van der Waals surface area contributed by atoms with Gasteiger partial charge in [0.25, 0.3) is 5.91 Å². The number of fused-ring (bicyclic) bond motifs is 3. The molecule has 1 saturated heterocycles. The quantitative estimate of drug-likeness (QED) is 0.676. The molecule has 2 fully saturated rings. The first kappa shape index (κ1) is 23.1. The average molecular weight is 458 g/mol. The summed E-state index contributed by atoms with van der Waals surface area (Å²) < 4.78 is -0.461. The molecule has 0 aromatic heterocycles. The normalized spacial score (nSPS) is 26.2. The molecular formula is C25H35N3O3S. The lowest BCUT2D eigenvalue weighted by Gasteiger charge is -2.33. The van der Waals surface area contributed by atoms with Gasteiger partial charge in [0, 0.05) is 16.4 Å². The molecule has 7 heteroatoms. The van der Waals surface area contributed by atoms with Crippen LogP contribution in [0.3, 0.4) is 0 Å². The van der Waals surface area contributed by atoms with Crippen molar-refractivity contribution < 1.29 is 14.4 Å². The maximum atomic E-state index is 13.6. The Hall–Kier alpha value is -2.02. The number of thioether (sulfide) groups is 1. The van der Waals surface area contributed by atoms with Crippen molar-refractivity contribution in [1.29, 1.82) is 0 Å². The number of hydrogen-bond donors (Lipinski definition) is 2. The third-order valence-electron chi connectivity index (χ3n) is 7.29. The van der Waals surface area contributed by atoms with Crippen molar-refractivity contribution in [3.05, 3.63) is 35.4 Å². The van der Waals surface area contributed by atoms with Crippen LogP contribution >= 0.6 is 11.8 Å². The molecule has 2 aliphatic heterocycles. The summed E-state index contributed by atoms with van der Waals surface area (Å²) in [5.41, 5.74) is 1.64. The van der Waals surface area contributed by atoms with Gasteiger partial charge in [-0.15, -0.1) is 11.8 Å². The molecule has 6 nitrogen and oxygen atoms in total. The molecule has 4 atom stereocenters. The standard InChI is InChI=1S/C25H35N3O3S/c1-5-15(2)19(21(29)26-16-11-7-6-8-12-16)27-22(30)20-25(3,4)32-24-18-14-10-9-13-17(18)23(31)28(20)24/h9-10,13-16,19-20,24H,5-8,11-12H2,1-4H3,(H,26,29)(H,27,30)/t15-,19+,20+,24-/m1/s1. The monoisotopic (exact) mass is 457 g/mol. The van der Waals surface area contributed by atoms with Crippen LogP contribution in [0.15, 0.2) is 24.3 Å². The molecule has 0 radical (unpaired) electrons. The molecule has 3 amide bonds. The third kappa shape index (κ3) is 4.16. The number of nitrogens with zero attached hydrogens (tertiary/aromatic N) is 1. The molecule has 2 heterocycles. The first-order valence-electron chi connectivity index (χ1n) is 11.9. The average Bonchev–Trinajstić information content (AvgIpc) is 3.21. The van der Waals surface area contributed by atoms with E-state index in [0.717, 1.165) is 37.7 Å². The molecule has 3 aliphatic rings. The van der Waals surface area contributed by atoms with Crippen LogP contribution in [0.2, 0.25) is 0 Å². The summed E-state index contributed by atoms with van der Waals surface area (Å²) in [5.74, 6) is -0.441. The maximum Gasteiger partial charge on any atom is 0.256 e. The van der Waals surface area contributed by atoms with Gasteiger partial charge in [0.1, 0.15) is 17.5 Å². The molecule has 174 valence electrons. The number of nitrogens with one attached hydrogen (secondary N) is 2. The van der Waals surface area contributed by atoms with Gasteiger partial charge in [0.05, 0.1) is 0 Å².